The van der Waals surface area contributed by atoms with Crippen molar-refractivity contribution >= 4 is 15.9 Å². The SMILES string of the molecule is CC(NC[C@H](C)O)c1ccc(Br)c(F)c1. The van der Waals surface area contributed by atoms with E-state index in [0.717, 1.165) is 5.56 Å². The Morgan fingerprint density at radius 3 is 2.67 bits per heavy atom. The minimum atomic E-state index is -0.396. The Morgan fingerprint density at radius 2 is 2.13 bits per heavy atom. The normalized spacial score (nSPS) is 15.0. The van der Waals surface area contributed by atoms with Gasteiger partial charge in [0.05, 0.1) is 10.6 Å². The number of halogens is 2. The molecule has 0 amide bonds. The summed E-state index contributed by atoms with van der Waals surface area (Å²) in [6.07, 6.45) is -0.396. The molecule has 0 fully saturated rings. The minimum Gasteiger partial charge on any atom is -0.392 e. The quantitative estimate of drug-likeness (QED) is 0.886. The summed E-state index contributed by atoms with van der Waals surface area (Å²) in [6, 6.07) is 5.06. The highest BCUT2D eigenvalue weighted by atomic mass is 79.9. The molecular weight excluding hydrogens is 261 g/mol. The molecule has 1 rings (SSSR count). The van der Waals surface area contributed by atoms with Gasteiger partial charge in [0.15, 0.2) is 0 Å². The van der Waals surface area contributed by atoms with E-state index in [1.165, 1.54) is 6.07 Å². The fraction of sp³-hybridized carbons (Fsp3) is 0.455. The van der Waals surface area contributed by atoms with Crippen molar-refractivity contribution in [1.82, 2.24) is 5.32 Å². The molecule has 4 heteroatoms. The first kappa shape index (κ1) is 12.6. The van der Waals surface area contributed by atoms with Gasteiger partial charge < -0.3 is 10.4 Å². The van der Waals surface area contributed by atoms with Crippen LogP contribution in [0.5, 0.6) is 0 Å². The molecule has 0 aliphatic rings. The lowest BCUT2D eigenvalue weighted by Crippen LogP contribution is -2.27. The molecule has 0 saturated carbocycles. The molecule has 0 saturated heterocycles. The Morgan fingerprint density at radius 1 is 1.47 bits per heavy atom. The first-order valence-electron chi connectivity index (χ1n) is 4.87. The van der Waals surface area contributed by atoms with Crippen LogP contribution in [0.25, 0.3) is 0 Å². The average Bonchev–Trinajstić information content (AvgIpc) is 2.18. The molecule has 2 nitrogen and oxygen atoms in total. The van der Waals surface area contributed by atoms with E-state index in [-0.39, 0.29) is 11.9 Å². The van der Waals surface area contributed by atoms with Gasteiger partial charge in [0.25, 0.3) is 0 Å². The molecule has 2 atom stereocenters. The van der Waals surface area contributed by atoms with Gasteiger partial charge in [-0.1, -0.05) is 6.07 Å². The van der Waals surface area contributed by atoms with Crippen LogP contribution in [0, 0.1) is 5.82 Å². The number of hydrogen-bond donors (Lipinski definition) is 2. The summed E-state index contributed by atoms with van der Waals surface area (Å²) in [5.41, 5.74) is 0.872. The van der Waals surface area contributed by atoms with E-state index in [4.69, 9.17) is 5.11 Å². The summed E-state index contributed by atoms with van der Waals surface area (Å²) in [5, 5.41) is 12.2. The Labute approximate surface area is 97.6 Å². The third-order valence-electron chi connectivity index (χ3n) is 2.16. The highest BCUT2D eigenvalue weighted by Gasteiger charge is 2.08. The topological polar surface area (TPSA) is 32.3 Å². The zero-order valence-electron chi connectivity index (χ0n) is 8.80. The Bertz CT molecular complexity index is 330. The number of nitrogens with one attached hydrogen (secondary N) is 1. The maximum atomic E-state index is 13.2. The number of aliphatic hydroxyl groups excluding tert-OH is 1. The second-order valence-corrected chi connectivity index (χ2v) is 4.51. The maximum Gasteiger partial charge on any atom is 0.137 e. The zero-order valence-corrected chi connectivity index (χ0v) is 10.4. The van der Waals surface area contributed by atoms with Gasteiger partial charge in [0, 0.05) is 12.6 Å². The lowest BCUT2D eigenvalue weighted by atomic mass is 10.1. The van der Waals surface area contributed by atoms with E-state index in [0.29, 0.717) is 11.0 Å². The van der Waals surface area contributed by atoms with Crippen molar-refractivity contribution in [2.24, 2.45) is 0 Å². The molecule has 0 aliphatic carbocycles. The van der Waals surface area contributed by atoms with Gasteiger partial charge in [0.1, 0.15) is 5.82 Å². The second-order valence-electron chi connectivity index (χ2n) is 3.65. The van der Waals surface area contributed by atoms with Crippen molar-refractivity contribution < 1.29 is 9.50 Å². The van der Waals surface area contributed by atoms with Crippen LogP contribution in [0.4, 0.5) is 4.39 Å². The number of hydrogen-bond acceptors (Lipinski definition) is 2. The molecule has 0 aromatic heterocycles. The molecule has 84 valence electrons. The van der Waals surface area contributed by atoms with Crippen LogP contribution in [0.3, 0.4) is 0 Å². The molecule has 1 aromatic carbocycles. The van der Waals surface area contributed by atoms with Gasteiger partial charge in [-0.3, -0.25) is 0 Å². The lowest BCUT2D eigenvalue weighted by Gasteiger charge is -2.15. The number of benzene rings is 1. The van der Waals surface area contributed by atoms with Crippen LogP contribution in [-0.4, -0.2) is 17.8 Å². The van der Waals surface area contributed by atoms with Crippen molar-refractivity contribution in [3.8, 4) is 0 Å². The Hall–Kier alpha value is -0.450. The molecule has 2 N–H and O–H groups in total. The fourth-order valence-corrected chi connectivity index (χ4v) is 1.49. The molecule has 1 aromatic rings. The van der Waals surface area contributed by atoms with E-state index in [9.17, 15) is 4.39 Å². The van der Waals surface area contributed by atoms with Gasteiger partial charge in [-0.05, 0) is 47.5 Å². The first-order chi connectivity index (χ1) is 7.00. The van der Waals surface area contributed by atoms with Gasteiger partial charge >= 0.3 is 0 Å². The maximum absolute atomic E-state index is 13.2. The molecule has 0 heterocycles. The smallest absolute Gasteiger partial charge is 0.137 e. The standard InChI is InChI=1S/C11H15BrFNO/c1-7(15)6-14-8(2)9-3-4-10(12)11(13)5-9/h3-5,7-8,14-15H,6H2,1-2H3/t7-,8?/m0/s1. The molecule has 15 heavy (non-hydrogen) atoms. The third kappa shape index (κ3) is 3.89. The van der Waals surface area contributed by atoms with E-state index in [1.54, 1.807) is 13.0 Å². The molecule has 0 bridgehead atoms. The predicted octanol–water partition coefficient (Wildman–Crippen LogP) is 2.62. The minimum absolute atomic E-state index is 0.0298. The molecular formula is C11H15BrFNO. The van der Waals surface area contributed by atoms with Crippen molar-refractivity contribution in [2.75, 3.05) is 6.54 Å². The largest absolute Gasteiger partial charge is 0.392 e. The summed E-state index contributed by atoms with van der Waals surface area (Å²) in [6.45, 7) is 4.14. The highest BCUT2D eigenvalue weighted by Crippen LogP contribution is 2.20. The van der Waals surface area contributed by atoms with Gasteiger partial charge in [-0.2, -0.15) is 0 Å². The fourth-order valence-electron chi connectivity index (χ4n) is 1.25. The van der Waals surface area contributed by atoms with Crippen molar-refractivity contribution in [3.05, 3.63) is 34.1 Å². The number of aliphatic hydroxyl groups is 1. The zero-order chi connectivity index (χ0) is 11.4. The van der Waals surface area contributed by atoms with Crippen LogP contribution >= 0.6 is 15.9 Å². The number of rotatable bonds is 4. The summed E-state index contributed by atoms with van der Waals surface area (Å²) >= 11 is 3.11. The van der Waals surface area contributed by atoms with E-state index in [1.807, 2.05) is 13.0 Å². The van der Waals surface area contributed by atoms with Crippen LogP contribution in [0.2, 0.25) is 0 Å². The van der Waals surface area contributed by atoms with Crippen molar-refractivity contribution in [3.63, 3.8) is 0 Å². The van der Waals surface area contributed by atoms with Crippen molar-refractivity contribution in [1.29, 1.82) is 0 Å². The molecule has 0 spiro atoms. The van der Waals surface area contributed by atoms with Crippen LogP contribution in [0.15, 0.2) is 22.7 Å². The second kappa shape index (κ2) is 5.58. The van der Waals surface area contributed by atoms with E-state index in [2.05, 4.69) is 21.2 Å². The van der Waals surface area contributed by atoms with Crippen LogP contribution < -0.4 is 5.32 Å². The first-order valence-corrected chi connectivity index (χ1v) is 5.66. The van der Waals surface area contributed by atoms with Crippen LogP contribution in [0.1, 0.15) is 25.5 Å². The summed E-state index contributed by atoms with van der Waals surface area (Å²) in [5.74, 6) is -0.266. The summed E-state index contributed by atoms with van der Waals surface area (Å²) in [4.78, 5) is 0. The predicted molar refractivity (Wildman–Crippen MR) is 62.2 cm³/mol. The van der Waals surface area contributed by atoms with E-state index < -0.39 is 6.10 Å². The Kier molecular flexibility index (Phi) is 4.70. The molecule has 1 unspecified atom stereocenters. The Balaban J connectivity index is 2.65. The highest BCUT2D eigenvalue weighted by molar-refractivity contribution is 9.10. The van der Waals surface area contributed by atoms with Crippen LogP contribution in [-0.2, 0) is 0 Å². The summed E-state index contributed by atoms with van der Waals surface area (Å²) in [7, 11) is 0. The van der Waals surface area contributed by atoms with E-state index >= 15 is 0 Å². The molecule has 0 aliphatic heterocycles. The van der Waals surface area contributed by atoms with Gasteiger partial charge in [-0.25, -0.2) is 4.39 Å². The third-order valence-corrected chi connectivity index (χ3v) is 2.81. The van der Waals surface area contributed by atoms with Crippen molar-refractivity contribution in [2.45, 2.75) is 26.0 Å². The monoisotopic (exact) mass is 275 g/mol. The lowest BCUT2D eigenvalue weighted by molar-refractivity contribution is 0.187. The summed E-state index contributed by atoms with van der Waals surface area (Å²) < 4.78 is 13.7. The van der Waals surface area contributed by atoms with Gasteiger partial charge in [0.2, 0.25) is 0 Å². The average molecular weight is 276 g/mol. The molecule has 0 radical (unpaired) electrons. The van der Waals surface area contributed by atoms with Gasteiger partial charge in [-0.15, -0.1) is 0 Å².